The van der Waals surface area contributed by atoms with Gasteiger partial charge in [-0.15, -0.1) is 0 Å². The maximum absolute atomic E-state index is 9.52. The van der Waals surface area contributed by atoms with E-state index in [1.807, 2.05) is 48.5 Å². The van der Waals surface area contributed by atoms with E-state index in [0.717, 1.165) is 22.6 Å². The molecule has 0 spiro atoms. The Hall–Kier alpha value is -2.00. The van der Waals surface area contributed by atoms with Gasteiger partial charge in [-0.05, 0) is 42.3 Å². The van der Waals surface area contributed by atoms with E-state index >= 15 is 0 Å². The number of benzene rings is 2. The Morgan fingerprint density at radius 2 is 1.79 bits per heavy atom. The zero-order chi connectivity index (χ0) is 13.7. The smallest absolute Gasteiger partial charge is 0.120 e. The molecule has 0 saturated heterocycles. The molecule has 3 nitrogen and oxygen atoms in total. The molecule has 2 aromatic rings. The van der Waals surface area contributed by atoms with Crippen molar-refractivity contribution >= 4 is 0 Å². The SMILES string of the molecule is COc1ccc(COc2cccc([C@H](C)O)c2)cc1. The standard InChI is InChI=1S/C16H18O3/c1-12(17)14-4-3-5-16(10-14)19-11-13-6-8-15(18-2)9-7-13/h3-10,12,17H,11H2,1-2H3/t12-/m0/s1. The average molecular weight is 258 g/mol. The van der Waals surface area contributed by atoms with Gasteiger partial charge in [0.1, 0.15) is 18.1 Å². The van der Waals surface area contributed by atoms with Gasteiger partial charge in [0.2, 0.25) is 0 Å². The van der Waals surface area contributed by atoms with E-state index in [0.29, 0.717) is 6.61 Å². The van der Waals surface area contributed by atoms with Crippen LogP contribution in [0.2, 0.25) is 0 Å². The van der Waals surface area contributed by atoms with Crippen LogP contribution in [0.25, 0.3) is 0 Å². The molecule has 2 aromatic carbocycles. The Bertz CT molecular complexity index is 518. The number of aliphatic hydroxyl groups excluding tert-OH is 1. The number of rotatable bonds is 5. The van der Waals surface area contributed by atoms with Crippen molar-refractivity contribution in [1.82, 2.24) is 0 Å². The summed E-state index contributed by atoms with van der Waals surface area (Å²) in [7, 11) is 1.65. The van der Waals surface area contributed by atoms with Gasteiger partial charge in [-0.1, -0.05) is 24.3 Å². The van der Waals surface area contributed by atoms with Crippen molar-refractivity contribution < 1.29 is 14.6 Å². The zero-order valence-corrected chi connectivity index (χ0v) is 11.2. The maximum atomic E-state index is 9.52. The van der Waals surface area contributed by atoms with Crippen LogP contribution in [0.5, 0.6) is 11.5 Å². The zero-order valence-electron chi connectivity index (χ0n) is 11.2. The van der Waals surface area contributed by atoms with Gasteiger partial charge in [-0.2, -0.15) is 0 Å². The first kappa shape index (κ1) is 13.4. The van der Waals surface area contributed by atoms with Gasteiger partial charge in [-0.3, -0.25) is 0 Å². The second-order valence-electron chi connectivity index (χ2n) is 4.39. The fraction of sp³-hybridized carbons (Fsp3) is 0.250. The van der Waals surface area contributed by atoms with Crippen LogP contribution in [-0.4, -0.2) is 12.2 Å². The highest BCUT2D eigenvalue weighted by molar-refractivity contribution is 5.31. The van der Waals surface area contributed by atoms with Crippen LogP contribution in [0.1, 0.15) is 24.2 Å². The molecular weight excluding hydrogens is 240 g/mol. The number of hydrogen-bond donors (Lipinski definition) is 1. The summed E-state index contributed by atoms with van der Waals surface area (Å²) in [4.78, 5) is 0. The molecule has 0 unspecified atom stereocenters. The molecule has 1 atom stereocenters. The largest absolute Gasteiger partial charge is 0.497 e. The molecule has 0 fully saturated rings. The van der Waals surface area contributed by atoms with Gasteiger partial charge in [0.25, 0.3) is 0 Å². The molecule has 2 rings (SSSR count). The van der Waals surface area contributed by atoms with Crippen molar-refractivity contribution in [1.29, 1.82) is 0 Å². The molecule has 0 aliphatic heterocycles. The fourth-order valence-corrected chi connectivity index (χ4v) is 1.75. The summed E-state index contributed by atoms with van der Waals surface area (Å²) in [6, 6.07) is 15.3. The molecule has 1 N–H and O–H groups in total. The first-order chi connectivity index (χ1) is 9.19. The van der Waals surface area contributed by atoms with E-state index in [1.165, 1.54) is 0 Å². The topological polar surface area (TPSA) is 38.7 Å². The summed E-state index contributed by atoms with van der Waals surface area (Å²) in [6.07, 6.45) is -0.482. The molecule has 0 bridgehead atoms. The highest BCUT2D eigenvalue weighted by atomic mass is 16.5. The summed E-state index contributed by atoms with van der Waals surface area (Å²) in [5, 5.41) is 9.52. The fourth-order valence-electron chi connectivity index (χ4n) is 1.75. The quantitative estimate of drug-likeness (QED) is 0.894. The van der Waals surface area contributed by atoms with Crippen molar-refractivity contribution in [2.75, 3.05) is 7.11 Å². The molecule has 0 aromatic heterocycles. The molecule has 0 radical (unpaired) electrons. The molecule has 3 heteroatoms. The van der Waals surface area contributed by atoms with Gasteiger partial charge in [0, 0.05) is 0 Å². The summed E-state index contributed by atoms with van der Waals surface area (Å²) in [5.74, 6) is 1.59. The second kappa shape index (κ2) is 6.25. The molecule has 100 valence electrons. The van der Waals surface area contributed by atoms with Crippen LogP contribution in [0.3, 0.4) is 0 Å². The van der Waals surface area contributed by atoms with Crippen LogP contribution in [-0.2, 0) is 6.61 Å². The molecule has 0 aliphatic carbocycles. The third-order valence-electron chi connectivity index (χ3n) is 2.91. The second-order valence-corrected chi connectivity index (χ2v) is 4.39. The Kier molecular flexibility index (Phi) is 4.42. The minimum atomic E-state index is -0.482. The third kappa shape index (κ3) is 3.73. The summed E-state index contributed by atoms with van der Waals surface area (Å²) >= 11 is 0. The van der Waals surface area contributed by atoms with Crippen LogP contribution in [0, 0.1) is 0 Å². The molecule has 0 saturated carbocycles. The van der Waals surface area contributed by atoms with Crippen LogP contribution in [0.4, 0.5) is 0 Å². The van der Waals surface area contributed by atoms with Gasteiger partial charge < -0.3 is 14.6 Å². The highest BCUT2D eigenvalue weighted by Gasteiger charge is 2.02. The molecule has 0 heterocycles. The molecule has 0 aliphatic rings. The van der Waals surface area contributed by atoms with Crippen molar-refractivity contribution in [3.63, 3.8) is 0 Å². The lowest BCUT2D eigenvalue weighted by molar-refractivity contribution is 0.198. The first-order valence-corrected chi connectivity index (χ1v) is 6.23. The summed E-state index contributed by atoms with van der Waals surface area (Å²) in [5.41, 5.74) is 1.93. The van der Waals surface area contributed by atoms with Gasteiger partial charge >= 0.3 is 0 Å². The van der Waals surface area contributed by atoms with Gasteiger partial charge in [-0.25, -0.2) is 0 Å². The van der Waals surface area contributed by atoms with E-state index < -0.39 is 6.10 Å². The predicted molar refractivity (Wildman–Crippen MR) is 74.4 cm³/mol. The Labute approximate surface area is 113 Å². The van der Waals surface area contributed by atoms with E-state index in [9.17, 15) is 5.11 Å². The molecular formula is C16H18O3. The van der Waals surface area contributed by atoms with Crippen LogP contribution < -0.4 is 9.47 Å². The van der Waals surface area contributed by atoms with E-state index in [-0.39, 0.29) is 0 Å². The highest BCUT2D eigenvalue weighted by Crippen LogP contribution is 2.20. The number of methoxy groups -OCH3 is 1. The average Bonchev–Trinajstić information content (AvgIpc) is 2.46. The Balaban J connectivity index is 1.99. The minimum Gasteiger partial charge on any atom is -0.497 e. The van der Waals surface area contributed by atoms with E-state index in [1.54, 1.807) is 14.0 Å². The van der Waals surface area contributed by atoms with Crippen LogP contribution >= 0.6 is 0 Å². The monoisotopic (exact) mass is 258 g/mol. The van der Waals surface area contributed by atoms with Gasteiger partial charge in [0.05, 0.1) is 13.2 Å². The summed E-state index contributed by atoms with van der Waals surface area (Å²) < 4.78 is 10.8. The Morgan fingerprint density at radius 1 is 1.05 bits per heavy atom. The lowest BCUT2D eigenvalue weighted by Gasteiger charge is -2.10. The van der Waals surface area contributed by atoms with E-state index in [4.69, 9.17) is 9.47 Å². The normalized spacial score (nSPS) is 11.9. The predicted octanol–water partition coefficient (Wildman–Crippen LogP) is 3.33. The van der Waals surface area contributed by atoms with Gasteiger partial charge in [0.15, 0.2) is 0 Å². The van der Waals surface area contributed by atoms with Crippen LogP contribution in [0.15, 0.2) is 48.5 Å². The van der Waals surface area contributed by atoms with Crippen molar-refractivity contribution in [3.05, 3.63) is 59.7 Å². The number of ether oxygens (including phenoxy) is 2. The van der Waals surface area contributed by atoms with E-state index in [2.05, 4.69) is 0 Å². The minimum absolute atomic E-state index is 0.482. The molecule has 0 amide bonds. The van der Waals surface area contributed by atoms with Crippen molar-refractivity contribution in [2.24, 2.45) is 0 Å². The molecule has 19 heavy (non-hydrogen) atoms. The number of hydrogen-bond acceptors (Lipinski definition) is 3. The van der Waals surface area contributed by atoms with Crippen molar-refractivity contribution in [2.45, 2.75) is 19.6 Å². The first-order valence-electron chi connectivity index (χ1n) is 6.23. The Morgan fingerprint density at radius 3 is 2.42 bits per heavy atom. The summed E-state index contributed by atoms with van der Waals surface area (Å²) in [6.45, 7) is 2.23. The number of aliphatic hydroxyl groups is 1. The van der Waals surface area contributed by atoms with Crippen molar-refractivity contribution in [3.8, 4) is 11.5 Å². The lowest BCUT2D eigenvalue weighted by Crippen LogP contribution is -1.97. The lowest BCUT2D eigenvalue weighted by atomic mass is 10.1. The maximum Gasteiger partial charge on any atom is 0.120 e. The third-order valence-corrected chi connectivity index (χ3v) is 2.91.